The number of likely N-dealkylation sites (N-methyl/N-ethyl adjacent to an activating group) is 1. The van der Waals surface area contributed by atoms with E-state index in [0.29, 0.717) is 23.7 Å². The zero-order valence-corrected chi connectivity index (χ0v) is 14.0. The largest absolute Gasteiger partial charge is 0.399 e. The van der Waals surface area contributed by atoms with E-state index in [4.69, 9.17) is 5.73 Å². The fraction of sp³-hybridized carbons (Fsp3) is 0.294. The highest BCUT2D eigenvalue weighted by molar-refractivity contribution is 7.89. The van der Waals surface area contributed by atoms with Gasteiger partial charge in [-0.2, -0.15) is 4.31 Å². The van der Waals surface area contributed by atoms with Gasteiger partial charge in [-0.25, -0.2) is 8.42 Å². The van der Waals surface area contributed by atoms with Gasteiger partial charge >= 0.3 is 0 Å². The lowest BCUT2D eigenvalue weighted by Gasteiger charge is -2.31. The van der Waals surface area contributed by atoms with E-state index in [-0.39, 0.29) is 0 Å². The Morgan fingerprint density at radius 2 is 1.30 bits per heavy atom. The molecular formula is C17H21N3O2S. The summed E-state index contributed by atoms with van der Waals surface area (Å²) in [6, 6.07) is 14.6. The van der Waals surface area contributed by atoms with Crippen molar-refractivity contribution in [1.29, 1.82) is 0 Å². The average molecular weight is 331 g/mol. The van der Waals surface area contributed by atoms with Crippen LogP contribution in [0.3, 0.4) is 0 Å². The molecule has 23 heavy (non-hydrogen) atoms. The molecule has 2 aromatic carbocycles. The summed E-state index contributed by atoms with van der Waals surface area (Å²) in [6.45, 7) is 2.61. The van der Waals surface area contributed by atoms with Crippen LogP contribution in [0, 0.1) is 0 Å². The van der Waals surface area contributed by atoms with E-state index >= 15 is 0 Å². The van der Waals surface area contributed by atoms with Gasteiger partial charge < -0.3 is 10.6 Å². The molecule has 2 aromatic rings. The fourth-order valence-electron chi connectivity index (χ4n) is 2.67. The molecule has 3 rings (SSSR count). The molecule has 0 aromatic heterocycles. The van der Waals surface area contributed by atoms with Crippen LogP contribution in [0.25, 0.3) is 11.1 Å². The van der Waals surface area contributed by atoms with Crippen LogP contribution in [0.5, 0.6) is 0 Å². The number of nitrogens with two attached hydrogens (primary N) is 1. The number of sulfonamides is 1. The van der Waals surface area contributed by atoms with E-state index in [1.807, 2.05) is 43.4 Å². The number of nitrogens with zero attached hydrogens (tertiary/aromatic N) is 2. The first-order valence-corrected chi connectivity index (χ1v) is 9.05. The topological polar surface area (TPSA) is 66.6 Å². The monoisotopic (exact) mass is 331 g/mol. The summed E-state index contributed by atoms with van der Waals surface area (Å²) < 4.78 is 26.9. The molecular weight excluding hydrogens is 310 g/mol. The lowest BCUT2D eigenvalue weighted by atomic mass is 10.1. The van der Waals surface area contributed by atoms with E-state index in [1.165, 1.54) is 0 Å². The van der Waals surface area contributed by atoms with Crippen LogP contribution in [-0.4, -0.2) is 50.8 Å². The van der Waals surface area contributed by atoms with Crippen LogP contribution in [0.15, 0.2) is 53.4 Å². The Bertz CT molecular complexity index is 762. The Morgan fingerprint density at radius 1 is 0.826 bits per heavy atom. The number of hydrogen-bond donors (Lipinski definition) is 1. The van der Waals surface area contributed by atoms with Crippen molar-refractivity contribution in [3.63, 3.8) is 0 Å². The number of nitrogen functional groups attached to an aromatic ring is 1. The van der Waals surface area contributed by atoms with Crippen LogP contribution < -0.4 is 5.73 Å². The maximum atomic E-state index is 12.7. The Morgan fingerprint density at radius 3 is 1.83 bits per heavy atom. The van der Waals surface area contributed by atoms with Crippen LogP contribution in [0.4, 0.5) is 5.69 Å². The molecule has 122 valence electrons. The minimum absolute atomic E-state index is 0.348. The highest BCUT2D eigenvalue weighted by atomic mass is 32.2. The maximum Gasteiger partial charge on any atom is 0.243 e. The van der Waals surface area contributed by atoms with E-state index in [1.54, 1.807) is 16.4 Å². The summed E-state index contributed by atoms with van der Waals surface area (Å²) in [5.74, 6) is 0. The van der Waals surface area contributed by atoms with Gasteiger partial charge in [-0.3, -0.25) is 0 Å². The van der Waals surface area contributed by atoms with Gasteiger partial charge in [0.25, 0.3) is 0 Å². The number of piperazine rings is 1. The van der Waals surface area contributed by atoms with E-state index < -0.39 is 10.0 Å². The molecule has 0 saturated carbocycles. The first kappa shape index (κ1) is 16.0. The van der Waals surface area contributed by atoms with Gasteiger partial charge in [0.1, 0.15) is 0 Å². The minimum atomic E-state index is -3.40. The highest BCUT2D eigenvalue weighted by Gasteiger charge is 2.27. The van der Waals surface area contributed by atoms with Gasteiger partial charge in [0.2, 0.25) is 10.0 Å². The number of rotatable bonds is 3. The first-order chi connectivity index (χ1) is 11.0. The summed E-state index contributed by atoms with van der Waals surface area (Å²) in [5, 5.41) is 0. The molecule has 0 atom stereocenters. The van der Waals surface area contributed by atoms with Crippen LogP contribution in [0.2, 0.25) is 0 Å². The van der Waals surface area contributed by atoms with Crippen molar-refractivity contribution in [1.82, 2.24) is 9.21 Å². The van der Waals surface area contributed by atoms with Crippen LogP contribution >= 0.6 is 0 Å². The van der Waals surface area contributed by atoms with Crippen molar-refractivity contribution in [3.8, 4) is 11.1 Å². The minimum Gasteiger partial charge on any atom is -0.399 e. The number of anilines is 1. The third-order valence-corrected chi connectivity index (χ3v) is 6.11. The van der Waals surface area contributed by atoms with Crippen molar-refractivity contribution in [2.45, 2.75) is 4.90 Å². The molecule has 1 saturated heterocycles. The van der Waals surface area contributed by atoms with Crippen molar-refractivity contribution in [2.24, 2.45) is 0 Å². The molecule has 5 nitrogen and oxygen atoms in total. The molecule has 0 bridgehead atoms. The predicted molar refractivity (Wildman–Crippen MR) is 92.5 cm³/mol. The summed E-state index contributed by atoms with van der Waals surface area (Å²) in [6.07, 6.45) is 0. The summed E-state index contributed by atoms with van der Waals surface area (Å²) >= 11 is 0. The number of hydrogen-bond acceptors (Lipinski definition) is 4. The Kier molecular flexibility index (Phi) is 4.39. The quantitative estimate of drug-likeness (QED) is 0.872. The lowest BCUT2D eigenvalue weighted by molar-refractivity contribution is 0.222. The van der Waals surface area contributed by atoms with Gasteiger partial charge in [0, 0.05) is 31.9 Å². The Hall–Kier alpha value is -1.89. The van der Waals surface area contributed by atoms with Crippen molar-refractivity contribution in [2.75, 3.05) is 39.0 Å². The van der Waals surface area contributed by atoms with Crippen molar-refractivity contribution in [3.05, 3.63) is 48.5 Å². The highest BCUT2D eigenvalue weighted by Crippen LogP contribution is 2.24. The molecule has 0 amide bonds. The predicted octanol–water partition coefficient (Wildman–Crippen LogP) is 1.87. The molecule has 6 heteroatoms. The third-order valence-electron chi connectivity index (χ3n) is 4.20. The smallest absolute Gasteiger partial charge is 0.243 e. The number of benzene rings is 2. The molecule has 0 unspecified atom stereocenters. The zero-order chi connectivity index (χ0) is 16.4. The van der Waals surface area contributed by atoms with E-state index in [0.717, 1.165) is 24.2 Å². The average Bonchev–Trinajstić information content (AvgIpc) is 2.56. The van der Waals surface area contributed by atoms with Crippen molar-refractivity contribution < 1.29 is 8.42 Å². The van der Waals surface area contributed by atoms with Gasteiger partial charge in [-0.15, -0.1) is 0 Å². The SMILES string of the molecule is CN1CCN(S(=O)(=O)c2ccc(-c3ccc(N)cc3)cc2)CC1. The summed E-state index contributed by atoms with van der Waals surface area (Å²) in [7, 11) is -1.40. The van der Waals surface area contributed by atoms with Gasteiger partial charge in [0.15, 0.2) is 0 Å². The lowest BCUT2D eigenvalue weighted by Crippen LogP contribution is -2.46. The van der Waals surface area contributed by atoms with Gasteiger partial charge in [0.05, 0.1) is 4.90 Å². The Balaban J connectivity index is 1.82. The summed E-state index contributed by atoms with van der Waals surface area (Å²) in [4.78, 5) is 2.48. The molecule has 0 spiro atoms. The fourth-order valence-corrected chi connectivity index (χ4v) is 4.09. The molecule has 1 fully saturated rings. The molecule has 1 aliphatic heterocycles. The standard InChI is InChI=1S/C17H21N3O2S/c1-19-10-12-20(13-11-19)23(21,22)17-8-4-15(5-9-17)14-2-6-16(18)7-3-14/h2-9H,10-13,18H2,1H3. The molecule has 1 heterocycles. The first-order valence-electron chi connectivity index (χ1n) is 7.61. The Labute approximate surface area is 137 Å². The van der Waals surface area contributed by atoms with E-state index in [9.17, 15) is 8.42 Å². The normalized spacial score (nSPS) is 17.3. The molecule has 0 radical (unpaired) electrons. The second kappa shape index (κ2) is 6.31. The second-order valence-corrected chi connectivity index (χ2v) is 7.79. The summed E-state index contributed by atoms with van der Waals surface area (Å²) in [5.41, 5.74) is 8.39. The van der Waals surface area contributed by atoms with Crippen LogP contribution in [0.1, 0.15) is 0 Å². The second-order valence-electron chi connectivity index (χ2n) is 5.85. The van der Waals surface area contributed by atoms with Gasteiger partial charge in [-0.05, 0) is 42.4 Å². The van der Waals surface area contributed by atoms with E-state index in [2.05, 4.69) is 4.90 Å². The molecule has 1 aliphatic rings. The van der Waals surface area contributed by atoms with Gasteiger partial charge in [-0.1, -0.05) is 24.3 Å². The molecule has 2 N–H and O–H groups in total. The third kappa shape index (κ3) is 3.39. The van der Waals surface area contributed by atoms with Crippen molar-refractivity contribution >= 4 is 15.7 Å². The molecule has 0 aliphatic carbocycles. The van der Waals surface area contributed by atoms with Crippen LogP contribution in [-0.2, 0) is 10.0 Å². The maximum absolute atomic E-state index is 12.7. The zero-order valence-electron chi connectivity index (χ0n) is 13.1.